The van der Waals surface area contributed by atoms with Gasteiger partial charge in [-0.2, -0.15) is 4.31 Å². The minimum Gasteiger partial charge on any atom is -0.381 e. The minimum atomic E-state index is -3.39. The number of alkyl halides is 1. The van der Waals surface area contributed by atoms with Crippen LogP contribution in [0.2, 0.25) is 0 Å². The van der Waals surface area contributed by atoms with E-state index in [9.17, 15) is 8.42 Å². The fraction of sp³-hybridized carbons (Fsp3) is 0.667. The van der Waals surface area contributed by atoms with Gasteiger partial charge in [-0.25, -0.2) is 8.42 Å². The number of sulfonamides is 1. The van der Waals surface area contributed by atoms with E-state index >= 15 is 0 Å². The molecule has 0 spiro atoms. The van der Waals surface area contributed by atoms with E-state index in [1.165, 1.54) is 11.3 Å². The smallest absolute Gasteiger partial charge is 0.252 e. The molecule has 0 amide bonds. The van der Waals surface area contributed by atoms with Crippen molar-refractivity contribution >= 4 is 33.0 Å². The maximum absolute atomic E-state index is 12.6. The van der Waals surface area contributed by atoms with Crippen molar-refractivity contribution in [2.45, 2.75) is 42.0 Å². The highest BCUT2D eigenvalue weighted by Gasteiger charge is 2.35. The third-order valence-electron chi connectivity index (χ3n) is 3.45. The number of ether oxygens (including phenoxy) is 1. The molecule has 108 valence electrons. The van der Waals surface area contributed by atoms with Gasteiger partial charge in [0.25, 0.3) is 10.0 Å². The van der Waals surface area contributed by atoms with Crippen molar-refractivity contribution in [3.05, 3.63) is 17.0 Å². The van der Waals surface area contributed by atoms with E-state index in [0.29, 0.717) is 16.6 Å². The van der Waals surface area contributed by atoms with Crippen molar-refractivity contribution in [1.82, 2.24) is 4.31 Å². The first-order valence-corrected chi connectivity index (χ1v) is 9.02. The summed E-state index contributed by atoms with van der Waals surface area (Å²) in [4.78, 5) is 0. The Morgan fingerprint density at radius 1 is 1.58 bits per heavy atom. The van der Waals surface area contributed by atoms with Crippen LogP contribution in [0.5, 0.6) is 0 Å². The van der Waals surface area contributed by atoms with Crippen LogP contribution in [-0.4, -0.2) is 38.5 Å². The Morgan fingerprint density at radius 2 is 2.32 bits per heavy atom. The van der Waals surface area contributed by atoms with E-state index in [2.05, 4.69) is 0 Å². The number of piperidine rings is 1. The zero-order valence-electron chi connectivity index (χ0n) is 11.0. The third-order valence-corrected chi connectivity index (χ3v) is 7.23. The molecule has 1 saturated heterocycles. The van der Waals surface area contributed by atoms with Gasteiger partial charge in [0.1, 0.15) is 4.21 Å². The number of rotatable bonds is 4. The highest BCUT2D eigenvalue weighted by atomic mass is 35.5. The van der Waals surface area contributed by atoms with Crippen molar-refractivity contribution in [2.75, 3.05) is 13.7 Å². The van der Waals surface area contributed by atoms with E-state index in [0.717, 1.165) is 18.4 Å². The molecule has 0 saturated carbocycles. The monoisotopic (exact) mass is 323 g/mol. The number of halogens is 1. The Balaban J connectivity index is 2.20. The summed E-state index contributed by atoms with van der Waals surface area (Å²) < 4.78 is 32.4. The van der Waals surface area contributed by atoms with Crippen molar-refractivity contribution in [1.29, 1.82) is 0 Å². The first-order valence-electron chi connectivity index (χ1n) is 6.17. The Morgan fingerprint density at radius 3 is 2.84 bits per heavy atom. The number of nitrogens with zero attached hydrogens (tertiary/aromatic N) is 1. The predicted octanol–water partition coefficient (Wildman–Crippen LogP) is 2.67. The lowest BCUT2D eigenvalue weighted by atomic mass is 10.0. The van der Waals surface area contributed by atoms with Crippen molar-refractivity contribution in [3.63, 3.8) is 0 Å². The summed E-state index contributed by atoms with van der Waals surface area (Å²) in [7, 11) is -1.72. The first-order chi connectivity index (χ1) is 8.98. The summed E-state index contributed by atoms with van der Waals surface area (Å²) in [6.45, 7) is 2.44. The van der Waals surface area contributed by atoms with Gasteiger partial charge in [-0.3, -0.25) is 0 Å². The molecule has 2 atom stereocenters. The molecule has 2 heterocycles. The molecule has 2 unspecified atom stereocenters. The molecule has 19 heavy (non-hydrogen) atoms. The van der Waals surface area contributed by atoms with E-state index < -0.39 is 10.0 Å². The molecule has 0 radical (unpaired) electrons. The second-order valence-electron chi connectivity index (χ2n) is 4.75. The average molecular weight is 324 g/mol. The van der Waals surface area contributed by atoms with E-state index in [1.807, 2.05) is 6.92 Å². The maximum Gasteiger partial charge on any atom is 0.252 e. The summed E-state index contributed by atoms with van der Waals surface area (Å²) in [6.07, 6.45) is 1.64. The molecule has 7 heteroatoms. The van der Waals surface area contributed by atoms with Gasteiger partial charge in [0.15, 0.2) is 0 Å². The Labute approximate surface area is 123 Å². The lowest BCUT2D eigenvalue weighted by Crippen LogP contribution is -2.46. The molecule has 0 aliphatic carbocycles. The van der Waals surface area contributed by atoms with Crippen LogP contribution in [-0.2, 0) is 20.6 Å². The van der Waals surface area contributed by atoms with Gasteiger partial charge in [-0.1, -0.05) is 0 Å². The summed E-state index contributed by atoms with van der Waals surface area (Å²) in [5.74, 6) is 0.341. The highest BCUT2D eigenvalue weighted by molar-refractivity contribution is 7.91. The molecule has 0 N–H and O–H groups in total. The third kappa shape index (κ3) is 3.13. The topological polar surface area (TPSA) is 46.6 Å². The molecule has 2 rings (SSSR count). The number of methoxy groups -OCH3 is 1. The second kappa shape index (κ2) is 6.10. The summed E-state index contributed by atoms with van der Waals surface area (Å²) >= 11 is 6.96. The van der Waals surface area contributed by atoms with Gasteiger partial charge < -0.3 is 4.74 Å². The van der Waals surface area contributed by atoms with Crippen LogP contribution in [0.4, 0.5) is 0 Å². The molecule has 0 aromatic carbocycles. The van der Waals surface area contributed by atoms with Crippen LogP contribution in [0, 0.1) is 0 Å². The van der Waals surface area contributed by atoms with Gasteiger partial charge in [0, 0.05) is 25.6 Å². The summed E-state index contributed by atoms with van der Waals surface area (Å²) in [6, 6.07) is 1.63. The van der Waals surface area contributed by atoms with Gasteiger partial charge >= 0.3 is 0 Å². The Hall–Kier alpha value is -0.140. The molecular weight excluding hydrogens is 306 g/mol. The quantitative estimate of drug-likeness (QED) is 0.800. The molecule has 4 nitrogen and oxygen atoms in total. The van der Waals surface area contributed by atoms with Gasteiger partial charge in [-0.15, -0.1) is 22.9 Å². The largest absolute Gasteiger partial charge is 0.381 e. The van der Waals surface area contributed by atoms with Crippen LogP contribution in [0.3, 0.4) is 0 Å². The van der Waals surface area contributed by atoms with Crippen LogP contribution >= 0.6 is 22.9 Å². The average Bonchev–Trinajstić information content (AvgIpc) is 2.87. The summed E-state index contributed by atoms with van der Waals surface area (Å²) in [5, 5.41) is 1.80. The number of hydrogen-bond donors (Lipinski definition) is 0. The maximum atomic E-state index is 12.6. The van der Waals surface area contributed by atoms with E-state index in [4.69, 9.17) is 16.3 Å². The zero-order chi connectivity index (χ0) is 14.0. The lowest BCUT2D eigenvalue weighted by Gasteiger charge is -2.35. The SMILES string of the molecule is COC1CCN(S(=O)(=O)c2cc(CCl)cs2)C(C)C1. The molecule has 1 aromatic rings. The number of thiophene rings is 1. The Bertz CT molecular complexity index is 529. The molecule has 1 fully saturated rings. The van der Waals surface area contributed by atoms with Crippen LogP contribution in [0.25, 0.3) is 0 Å². The molecule has 1 aliphatic rings. The van der Waals surface area contributed by atoms with Crippen LogP contribution < -0.4 is 0 Å². The zero-order valence-corrected chi connectivity index (χ0v) is 13.4. The predicted molar refractivity (Wildman–Crippen MR) is 77.3 cm³/mol. The van der Waals surface area contributed by atoms with Crippen molar-refractivity contribution < 1.29 is 13.2 Å². The Kier molecular flexibility index (Phi) is 4.89. The van der Waals surface area contributed by atoms with E-state index in [-0.39, 0.29) is 12.1 Å². The van der Waals surface area contributed by atoms with Gasteiger partial charge in [0.2, 0.25) is 0 Å². The normalized spacial score (nSPS) is 25.6. The van der Waals surface area contributed by atoms with Crippen LogP contribution in [0.1, 0.15) is 25.3 Å². The molecule has 1 aromatic heterocycles. The molecule has 0 bridgehead atoms. The van der Waals surface area contributed by atoms with E-state index in [1.54, 1.807) is 22.9 Å². The second-order valence-corrected chi connectivity index (χ2v) is 8.05. The van der Waals surface area contributed by atoms with Crippen LogP contribution in [0.15, 0.2) is 15.7 Å². The lowest BCUT2D eigenvalue weighted by molar-refractivity contribution is 0.0423. The molecule has 1 aliphatic heterocycles. The fourth-order valence-corrected chi connectivity index (χ4v) is 5.59. The fourth-order valence-electron chi connectivity index (χ4n) is 2.35. The number of hydrogen-bond acceptors (Lipinski definition) is 4. The molecular formula is C12H18ClNO3S2. The van der Waals surface area contributed by atoms with Gasteiger partial charge in [0.05, 0.1) is 6.10 Å². The first kappa shape index (κ1) is 15.3. The highest BCUT2D eigenvalue weighted by Crippen LogP contribution is 2.30. The standard InChI is InChI=1S/C12H18ClNO3S2/c1-9-5-11(17-2)3-4-14(9)19(15,16)12-6-10(7-13)8-18-12/h6,8-9,11H,3-5,7H2,1-2H3. The minimum absolute atomic E-state index is 0.0368. The van der Waals surface area contributed by atoms with Crippen molar-refractivity contribution in [3.8, 4) is 0 Å². The van der Waals surface area contributed by atoms with Crippen molar-refractivity contribution in [2.24, 2.45) is 0 Å². The van der Waals surface area contributed by atoms with Gasteiger partial charge in [-0.05, 0) is 36.8 Å². The summed E-state index contributed by atoms with van der Waals surface area (Å²) in [5.41, 5.74) is 0.852.